The number of H-pyrrole nitrogens is 1. The fourth-order valence-corrected chi connectivity index (χ4v) is 2.74. The van der Waals surface area contributed by atoms with Crippen LogP contribution in [0.1, 0.15) is 56.2 Å². The Hall–Kier alpha value is -0.466. The molecule has 0 spiro atoms. The summed E-state index contributed by atoms with van der Waals surface area (Å²) in [7, 11) is 0. The molecule has 1 unspecified atom stereocenters. The van der Waals surface area contributed by atoms with Gasteiger partial charge in [0.2, 0.25) is 0 Å². The Balaban J connectivity index is 0.000000380. The largest absolute Gasteiger partial charge is 4.00 e. The van der Waals surface area contributed by atoms with Gasteiger partial charge in [-0.15, -0.1) is 35.0 Å². The third-order valence-corrected chi connectivity index (χ3v) is 4.10. The SMILES string of the molecule is CC(C)(C)c1[c-][nH]cc1.[C-]1=C2CCC2c2ccccc21.[Cl-].[Cl-].[Ti+4]. The van der Waals surface area contributed by atoms with Crippen molar-refractivity contribution in [3.05, 3.63) is 71.1 Å². The molecule has 1 fully saturated rings. The number of fused-ring (bicyclic) bond motifs is 3. The second-order valence-electron chi connectivity index (χ2n) is 6.60. The average molecular weight is 382 g/mol. The molecule has 1 N–H and O–H groups in total. The van der Waals surface area contributed by atoms with Crippen molar-refractivity contribution in [2.24, 2.45) is 0 Å². The van der Waals surface area contributed by atoms with E-state index in [0.717, 1.165) is 5.92 Å². The van der Waals surface area contributed by atoms with Crippen molar-refractivity contribution in [3.8, 4) is 0 Å². The molecule has 1 saturated carbocycles. The van der Waals surface area contributed by atoms with Gasteiger partial charge < -0.3 is 29.8 Å². The summed E-state index contributed by atoms with van der Waals surface area (Å²) in [5.41, 5.74) is 5.85. The van der Waals surface area contributed by atoms with E-state index < -0.39 is 0 Å². The van der Waals surface area contributed by atoms with E-state index in [9.17, 15) is 0 Å². The first kappa shape index (κ1) is 22.5. The van der Waals surface area contributed by atoms with E-state index in [0.29, 0.717) is 0 Å². The molecule has 2 aliphatic rings. The number of rotatable bonds is 0. The fourth-order valence-electron chi connectivity index (χ4n) is 2.74. The first-order valence-electron chi connectivity index (χ1n) is 7.33. The van der Waals surface area contributed by atoms with Gasteiger partial charge in [-0.1, -0.05) is 39.2 Å². The third kappa shape index (κ3) is 5.00. The Morgan fingerprint density at radius 1 is 1.09 bits per heavy atom. The summed E-state index contributed by atoms with van der Waals surface area (Å²) < 4.78 is 0. The van der Waals surface area contributed by atoms with Crippen LogP contribution in [0.15, 0.2) is 42.1 Å². The Morgan fingerprint density at radius 3 is 2.26 bits per heavy atom. The van der Waals surface area contributed by atoms with Crippen molar-refractivity contribution in [1.29, 1.82) is 0 Å². The molecule has 1 nitrogen and oxygen atoms in total. The molecule has 0 saturated heterocycles. The topological polar surface area (TPSA) is 15.8 Å². The smallest absolute Gasteiger partial charge is 1.00 e. The van der Waals surface area contributed by atoms with Crippen molar-refractivity contribution in [3.63, 3.8) is 0 Å². The first-order valence-corrected chi connectivity index (χ1v) is 7.33. The van der Waals surface area contributed by atoms with Gasteiger partial charge in [0, 0.05) is 0 Å². The third-order valence-electron chi connectivity index (χ3n) is 4.10. The second-order valence-corrected chi connectivity index (χ2v) is 6.60. The summed E-state index contributed by atoms with van der Waals surface area (Å²) in [6.07, 6.45) is 11.0. The molecular formula is C19H21Cl2NTi. The van der Waals surface area contributed by atoms with Crippen LogP contribution in [0.2, 0.25) is 0 Å². The van der Waals surface area contributed by atoms with Gasteiger partial charge in [-0.3, -0.25) is 0 Å². The summed E-state index contributed by atoms with van der Waals surface area (Å²) >= 11 is 0. The summed E-state index contributed by atoms with van der Waals surface area (Å²) in [5.74, 6) is 0.756. The van der Waals surface area contributed by atoms with Gasteiger partial charge in [-0.25, -0.2) is 0 Å². The number of hydrogen-bond acceptors (Lipinski definition) is 0. The van der Waals surface area contributed by atoms with Crippen LogP contribution in [-0.2, 0) is 27.1 Å². The van der Waals surface area contributed by atoms with Crippen LogP contribution in [-0.4, -0.2) is 4.98 Å². The second kappa shape index (κ2) is 9.13. The predicted octanol–water partition coefficient (Wildman–Crippen LogP) is -1.23. The first-order chi connectivity index (χ1) is 9.55. The molecule has 1 aromatic heterocycles. The molecule has 0 radical (unpaired) electrons. The van der Waals surface area contributed by atoms with Crippen molar-refractivity contribution in [2.45, 2.75) is 44.9 Å². The van der Waals surface area contributed by atoms with Crippen LogP contribution in [0.5, 0.6) is 0 Å². The van der Waals surface area contributed by atoms with E-state index in [2.05, 4.69) is 68.4 Å². The summed E-state index contributed by atoms with van der Waals surface area (Å²) in [6.45, 7) is 6.52. The number of aromatic amines is 1. The van der Waals surface area contributed by atoms with Crippen LogP contribution in [0.4, 0.5) is 0 Å². The van der Waals surface area contributed by atoms with Crippen LogP contribution < -0.4 is 24.8 Å². The predicted molar refractivity (Wildman–Crippen MR) is 82.6 cm³/mol. The van der Waals surface area contributed by atoms with Gasteiger partial charge in [-0.05, 0) is 11.8 Å². The maximum absolute atomic E-state index is 3.45. The molecule has 0 aliphatic heterocycles. The van der Waals surface area contributed by atoms with Crippen molar-refractivity contribution in [1.82, 2.24) is 4.98 Å². The van der Waals surface area contributed by atoms with Gasteiger partial charge in [0.25, 0.3) is 0 Å². The van der Waals surface area contributed by atoms with Crippen LogP contribution in [0.3, 0.4) is 0 Å². The monoisotopic (exact) mass is 381 g/mol. The molecule has 4 rings (SSSR count). The number of aromatic nitrogens is 1. The van der Waals surface area contributed by atoms with Gasteiger partial charge in [0.05, 0.1) is 0 Å². The van der Waals surface area contributed by atoms with Gasteiger partial charge in [0.1, 0.15) is 0 Å². The number of halogens is 2. The quantitative estimate of drug-likeness (QED) is 0.434. The van der Waals surface area contributed by atoms with Crippen LogP contribution >= 0.6 is 0 Å². The van der Waals surface area contributed by atoms with E-state index in [1.54, 1.807) is 0 Å². The minimum Gasteiger partial charge on any atom is -1.00 e. The normalized spacial score (nSPS) is 16.7. The molecule has 120 valence electrons. The van der Waals surface area contributed by atoms with Gasteiger partial charge in [0.15, 0.2) is 0 Å². The number of hydrogen-bond donors (Lipinski definition) is 1. The van der Waals surface area contributed by atoms with E-state index in [-0.39, 0.29) is 51.9 Å². The summed E-state index contributed by atoms with van der Waals surface area (Å²) in [4.78, 5) is 2.91. The summed E-state index contributed by atoms with van der Waals surface area (Å²) in [5, 5.41) is 0. The van der Waals surface area contributed by atoms with Crippen LogP contribution in [0.25, 0.3) is 0 Å². The maximum atomic E-state index is 3.45. The molecule has 23 heavy (non-hydrogen) atoms. The van der Waals surface area contributed by atoms with E-state index >= 15 is 0 Å². The molecule has 1 atom stereocenters. The average Bonchev–Trinajstić information content (AvgIpc) is 2.97. The fraction of sp³-hybridized carbons (Fsp3) is 0.368. The molecule has 2 aromatic rings. The molecule has 0 amide bonds. The Labute approximate surface area is 167 Å². The standard InChI is InChI=1S/C11H9.C8H12N.2ClH.Ti/c1-2-4-10-8(3-1)7-9-5-6-11(9)10;1-8(2,3)7-4-5-9-6-7;;;/h1-4,11H,5-6H2;4-5,9H,1-3H3;2*1H;/q2*-1;;;+4/p-2. The van der Waals surface area contributed by atoms with E-state index in [1.165, 1.54) is 35.1 Å². The molecule has 4 heteroatoms. The van der Waals surface area contributed by atoms with Crippen molar-refractivity contribution < 1.29 is 46.5 Å². The number of nitrogens with one attached hydrogen (secondary N) is 1. The Morgan fingerprint density at radius 2 is 1.78 bits per heavy atom. The van der Waals surface area contributed by atoms with Crippen LogP contribution in [0, 0.1) is 12.3 Å². The van der Waals surface area contributed by atoms with Gasteiger partial charge >= 0.3 is 21.7 Å². The zero-order chi connectivity index (χ0) is 14.2. The molecular weight excluding hydrogens is 361 g/mol. The Bertz CT molecular complexity index is 627. The molecule has 1 aromatic carbocycles. The molecule has 2 aliphatic carbocycles. The molecule has 0 bridgehead atoms. The Kier molecular flexibility index (Phi) is 8.95. The van der Waals surface area contributed by atoms with Crippen molar-refractivity contribution >= 4 is 0 Å². The zero-order valence-corrected chi connectivity index (χ0v) is 16.8. The number of allylic oxidation sites excluding steroid dienone is 1. The summed E-state index contributed by atoms with van der Waals surface area (Å²) in [6, 6.07) is 10.7. The number of benzene rings is 1. The van der Waals surface area contributed by atoms with E-state index in [1.807, 2.05) is 6.20 Å². The molecule has 1 heterocycles. The van der Waals surface area contributed by atoms with Gasteiger partial charge in [-0.2, -0.15) is 30.0 Å². The van der Waals surface area contributed by atoms with E-state index in [4.69, 9.17) is 0 Å². The zero-order valence-electron chi connectivity index (χ0n) is 13.7. The maximum Gasteiger partial charge on any atom is 4.00 e. The van der Waals surface area contributed by atoms with Crippen molar-refractivity contribution in [2.75, 3.05) is 0 Å². The minimum absolute atomic E-state index is 0. The minimum atomic E-state index is 0.